The SMILES string of the molecule is COc1cccc([C@@H](C)NC(C)c2csc(Cl)c2)c1. The second-order valence-electron chi connectivity index (χ2n) is 4.57. The first-order valence-corrected chi connectivity index (χ1v) is 7.50. The molecule has 0 fully saturated rings. The molecule has 0 amide bonds. The largest absolute Gasteiger partial charge is 0.497 e. The Morgan fingerprint density at radius 1 is 1.16 bits per heavy atom. The van der Waals surface area contributed by atoms with Crippen molar-refractivity contribution in [1.29, 1.82) is 0 Å². The minimum atomic E-state index is 0.253. The normalized spacial score (nSPS) is 14.1. The van der Waals surface area contributed by atoms with Crippen LogP contribution in [0.15, 0.2) is 35.7 Å². The van der Waals surface area contributed by atoms with Gasteiger partial charge in [-0.05, 0) is 48.6 Å². The highest BCUT2D eigenvalue weighted by Crippen LogP contribution is 2.27. The number of thiophene rings is 1. The van der Waals surface area contributed by atoms with Gasteiger partial charge in [-0.3, -0.25) is 0 Å². The standard InChI is InChI=1S/C15H18ClNOS/c1-10(12-5-4-6-14(7-12)18-3)17-11(2)13-8-15(16)19-9-13/h4-11,17H,1-3H3/t10-,11?/m1/s1. The molecule has 0 aliphatic heterocycles. The molecule has 4 heteroatoms. The maximum atomic E-state index is 5.97. The van der Waals surface area contributed by atoms with E-state index >= 15 is 0 Å². The summed E-state index contributed by atoms with van der Waals surface area (Å²) in [4.78, 5) is 0. The summed E-state index contributed by atoms with van der Waals surface area (Å²) in [6.45, 7) is 4.30. The molecule has 0 aliphatic carbocycles. The van der Waals surface area contributed by atoms with E-state index in [0.29, 0.717) is 0 Å². The number of benzene rings is 1. The topological polar surface area (TPSA) is 21.3 Å². The van der Waals surface area contributed by atoms with Crippen LogP contribution < -0.4 is 10.1 Å². The number of rotatable bonds is 5. The van der Waals surface area contributed by atoms with Gasteiger partial charge in [-0.2, -0.15) is 0 Å². The van der Waals surface area contributed by atoms with Crippen molar-refractivity contribution in [2.24, 2.45) is 0 Å². The molecule has 2 atom stereocenters. The number of methoxy groups -OCH3 is 1. The number of halogens is 1. The molecule has 0 saturated carbocycles. The van der Waals surface area contributed by atoms with Crippen LogP contribution in [0.4, 0.5) is 0 Å². The summed E-state index contributed by atoms with van der Waals surface area (Å²) < 4.78 is 6.09. The van der Waals surface area contributed by atoms with Crippen LogP contribution in [-0.2, 0) is 0 Å². The van der Waals surface area contributed by atoms with Gasteiger partial charge in [-0.25, -0.2) is 0 Å². The second kappa shape index (κ2) is 6.42. The van der Waals surface area contributed by atoms with Crippen LogP contribution in [0.3, 0.4) is 0 Å². The van der Waals surface area contributed by atoms with Crippen LogP contribution in [0.2, 0.25) is 4.34 Å². The average Bonchev–Trinajstić information content (AvgIpc) is 2.85. The summed E-state index contributed by atoms with van der Waals surface area (Å²) in [5.74, 6) is 0.886. The fourth-order valence-electron chi connectivity index (χ4n) is 2.03. The summed E-state index contributed by atoms with van der Waals surface area (Å²) in [7, 11) is 1.69. The molecular weight excluding hydrogens is 278 g/mol. The highest BCUT2D eigenvalue weighted by atomic mass is 35.5. The summed E-state index contributed by atoms with van der Waals surface area (Å²) in [6.07, 6.45) is 0. The van der Waals surface area contributed by atoms with Gasteiger partial charge in [0.1, 0.15) is 5.75 Å². The first-order chi connectivity index (χ1) is 9.10. The first-order valence-electron chi connectivity index (χ1n) is 6.24. The van der Waals surface area contributed by atoms with Gasteiger partial charge in [-0.1, -0.05) is 23.7 Å². The Kier molecular flexibility index (Phi) is 4.86. The fourth-order valence-corrected chi connectivity index (χ4v) is 3.01. The molecule has 0 spiro atoms. The monoisotopic (exact) mass is 295 g/mol. The number of ether oxygens (including phenoxy) is 1. The lowest BCUT2D eigenvalue weighted by Crippen LogP contribution is -2.22. The van der Waals surface area contributed by atoms with Gasteiger partial charge < -0.3 is 10.1 Å². The lowest BCUT2D eigenvalue weighted by molar-refractivity contribution is 0.412. The van der Waals surface area contributed by atoms with Crippen molar-refractivity contribution in [3.63, 3.8) is 0 Å². The van der Waals surface area contributed by atoms with E-state index in [-0.39, 0.29) is 12.1 Å². The Hall–Kier alpha value is -1.03. The van der Waals surface area contributed by atoms with Gasteiger partial charge in [0.15, 0.2) is 0 Å². The van der Waals surface area contributed by atoms with E-state index in [9.17, 15) is 0 Å². The van der Waals surface area contributed by atoms with Crippen molar-refractivity contribution >= 4 is 22.9 Å². The number of hydrogen-bond donors (Lipinski definition) is 1. The predicted molar refractivity (Wildman–Crippen MR) is 82.3 cm³/mol. The number of hydrogen-bond acceptors (Lipinski definition) is 3. The lowest BCUT2D eigenvalue weighted by Gasteiger charge is -2.20. The Labute approximate surface area is 123 Å². The quantitative estimate of drug-likeness (QED) is 0.853. The van der Waals surface area contributed by atoms with Gasteiger partial charge in [0, 0.05) is 12.1 Å². The molecule has 1 aromatic carbocycles. The van der Waals surface area contributed by atoms with Crippen LogP contribution in [0.1, 0.15) is 37.1 Å². The number of nitrogens with one attached hydrogen (secondary N) is 1. The van der Waals surface area contributed by atoms with Crippen molar-refractivity contribution in [3.05, 3.63) is 51.2 Å². The Morgan fingerprint density at radius 2 is 1.89 bits per heavy atom. The zero-order valence-electron chi connectivity index (χ0n) is 11.3. The molecule has 0 aliphatic rings. The van der Waals surface area contributed by atoms with E-state index in [4.69, 9.17) is 16.3 Å². The molecule has 2 nitrogen and oxygen atoms in total. The van der Waals surface area contributed by atoms with Crippen LogP contribution in [-0.4, -0.2) is 7.11 Å². The molecule has 1 heterocycles. The van der Waals surface area contributed by atoms with Crippen LogP contribution in [0.25, 0.3) is 0 Å². The van der Waals surface area contributed by atoms with Gasteiger partial charge in [0.25, 0.3) is 0 Å². The third-order valence-corrected chi connectivity index (χ3v) is 4.29. The smallest absolute Gasteiger partial charge is 0.119 e. The van der Waals surface area contributed by atoms with Gasteiger partial charge in [0.2, 0.25) is 0 Å². The van der Waals surface area contributed by atoms with E-state index in [0.717, 1.165) is 10.1 Å². The van der Waals surface area contributed by atoms with Crippen LogP contribution >= 0.6 is 22.9 Å². The van der Waals surface area contributed by atoms with Crippen molar-refractivity contribution in [2.75, 3.05) is 7.11 Å². The third kappa shape index (κ3) is 3.72. The van der Waals surface area contributed by atoms with Gasteiger partial charge in [-0.15, -0.1) is 11.3 Å². The zero-order valence-corrected chi connectivity index (χ0v) is 12.9. The molecular formula is C15H18ClNOS. The summed E-state index contributed by atoms with van der Waals surface area (Å²) in [6, 6.07) is 10.7. The third-order valence-electron chi connectivity index (χ3n) is 3.18. The van der Waals surface area contributed by atoms with E-state index in [1.807, 2.05) is 18.2 Å². The molecule has 19 heavy (non-hydrogen) atoms. The molecule has 0 bridgehead atoms. The molecule has 1 unspecified atom stereocenters. The van der Waals surface area contributed by atoms with E-state index in [1.165, 1.54) is 11.1 Å². The molecule has 1 aromatic heterocycles. The second-order valence-corrected chi connectivity index (χ2v) is 6.11. The lowest BCUT2D eigenvalue weighted by atomic mass is 10.1. The van der Waals surface area contributed by atoms with E-state index in [2.05, 4.69) is 36.7 Å². The summed E-state index contributed by atoms with van der Waals surface area (Å²) in [5.41, 5.74) is 2.44. The van der Waals surface area contributed by atoms with E-state index < -0.39 is 0 Å². The Morgan fingerprint density at radius 3 is 2.53 bits per heavy atom. The Bertz CT molecular complexity index is 540. The Balaban J connectivity index is 2.05. The maximum Gasteiger partial charge on any atom is 0.119 e. The van der Waals surface area contributed by atoms with Crippen LogP contribution in [0, 0.1) is 0 Å². The van der Waals surface area contributed by atoms with E-state index in [1.54, 1.807) is 18.4 Å². The van der Waals surface area contributed by atoms with Crippen molar-refractivity contribution < 1.29 is 4.74 Å². The maximum absolute atomic E-state index is 5.97. The first kappa shape index (κ1) is 14.4. The van der Waals surface area contributed by atoms with Crippen molar-refractivity contribution in [1.82, 2.24) is 5.32 Å². The summed E-state index contributed by atoms with van der Waals surface area (Å²) in [5, 5.41) is 5.67. The molecule has 0 radical (unpaired) electrons. The average molecular weight is 296 g/mol. The van der Waals surface area contributed by atoms with Crippen LogP contribution in [0.5, 0.6) is 5.75 Å². The van der Waals surface area contributed by atoms with Gasteiger partial charge in [0.05, 0.1) is 11.4 Å². The molecule has 0 saturated heterocycles. The van der Waals surface area contributed by atoms with Crippen molar-refractivity contribution in [3.8, 4) is 5.75 Å². The van der Waals surface area contributed by atoms with Gasteiger partial charge >= 0.3 is 0 Å². The zero-order chi connectivity index (χ0) is 13.8. The summed E-state index contributed by atoms with van der Waals surface area (Å²) >= 11 is 7.54. The minimum absolute atomic E-state index is 0.253. The fraction of sp³-hybridized carbons (Fsp3) is 0.333. The molecule has 2 rings (SSSR count). The highest BCUT2D eigenvalue weighted by molar-refractivity contribution is 7.14. The highest BCUT2D eigenvalue weighted by Gasteiger charge is 2.12. The predicted octanol–water partition coefficient (Wildman–Crippen LogP) is 4.82. The molecule has 1 N–H and O–H groups in total. The van der Waals surface area contributed by atoms with Crippen molar-refractivity contribution in [2.45, 2.75) is 25.9 Å². The molecule has 102 valence electrons. The minimum Gasteiger partial charge on any atom is -0.497 e. The molecule has 2 aromatic rings.